The van der Waals surface area contributed by atoms with E-state index in [0.717, 1.165) is 18.9 Å². The minimum atomic E-state index is 0.402. The van der Waals surface area contributed by atoms with E-state index >= 15 is 0 Å². The minimum absolute atomic E-state index is 0.402. The Morgan fingerprint density at radius 1 is 1.65 bits per heavy atom. The first-order valence-electron chi connectivity index (χ1n) is 5.70. The summed E-state index contributed by atoms with van der Waals surface area (Å²) in [4.78, 5) is 4.31. The summed E-state index contributed by atoms with van der Waals surface area (Å²) < 4.78 is 2.17. The number of nitrogens with zero attached hydrogens (tertiary/aromatic N) is 2. The monoisotopic (exact) mass is 247 g/mol. The smallest absolute Gasteiger partial charge is 0.203 e. The molecule has 2 aromatic heterocycles. The average Bonchev–Trinajstić information content (AvgIpc) is 2.96. The molecule has 2 heterocycles. The van der Waals surface area contributed by atoms with E-state index in [4.69, 9.17) is 0 Å². The molecule has 1 N–H and O–H groups in total. The van der Waals surface area contributed by atoms with Crippen LogP contribution in [0.25, 0.3) is 0 Å². The maximum atomic E-state index is 4.31. The van der Waals surface area contributed by atoms with Gasteiger partial charge in [-0.2, -0.15) is 11.3 Å². The summed E-state index contributed by atoms with van der Waals surface area (Å²) in [5.41, 5.74) is 1.38. The van der Waals surface area contributed by atoms with E-state index in [1.54, 1.807) is 11.3 Å². The number of aromatic nitrogens is 2. The molecule has 2 aromatic rings. The fraction of sp³-hybridized carbons (Fsp3) is 0.308. The first kappa shape index (κ1) is 11.9. The van der Waals surface area contributed by atoms with E-state index in [0.29, 0.717) is 6.04 Å². The topological polar surface area (TPSA) is 29.9 Å². The Hall–Kier alpha value is -1.55. The fourth-order valence-corrected chi connectivity index (χ4v) is 2.50. The predicted molar refractivity (Wildman–Crippen MR) is 73.6 cm³/mol. The lowest BCUT2D eigenvalue weighted by Gasteiger charge is -2.16. The van der Waals surface area contributed by atoms with Crippen molar-refractivity contribution in [1.82, 2.24) is 9.55 Å². The second kappa shape index (κ2) is 5.68. The van der Waals surface area contributed by atoms with Gasteiger partial charge in [-0.25, -0.2) is 4.98 Å². The molecule has 0 saturated heterocycles. The molecule has 0 aliphatic rings. The van der Waals surface area contributed by atoms with Crippen LogP contribution < -0.4 is 5.32 Å². The van der Waals surface area contributed by atoms with Gasteiger partial charge in [0.2, 0.25) is 5.95 Å². The number of hydrogen-bond acceptors (Lipinski definition) is 3. The van der Waals surface area contributed by atoms with Gasteiger partial charge in [-0.1, -0.05) is 6.08 Å². The fourth-order valence-electron chi connectivity index (χ4n) is 1.82. The zero-order valence-corrected chi connectivity index (χ0v) is 10.8. The molecule has 2 rings (SSSR count). The first-order chi connectivity index (χ1) is 8.31. The number of nitrogens with one attached hydrogen (secondary N) is 1. The number of hydrogen-bond donors (Lipinski definition) is 1. The van der Waals surface area contributed by atoms with Gasteiger partial charge in [0.15, 0.2) is 0 Å². The molecule has 90 valence electrons. The maximum Gasteiger partial charge on any atom is 0.203 e. The molecule has 0 saturated carbocycles. The molecule has 3 nitrogen and oxygen atoms in total. The quantitative estimate of drug-likeness (QED) is 0.793. The van der Waals surface area contributed by atoms with E-state index in [1.165, 1.54) is 5.56 Å². The lowest BCUT2D eigenvalue weighted by atomic mass is 10.1. The van der Waals surface area contributed by atoms with Gasteiger partial charge in [0.1, 0.15) is 0 Å². The Morgan fingerprint density at radius 3 is 3.24 bits per heavy atom. The molecule has 1 unspecified atom stereocenters. The normalized spacial score (nSPS) is 12.3. The summed E-state index contributed by atoms with van der Waals surface area (Å²) in [5, 5.41) is 7.56. The standard InChI is InChI=1S/C13H17N3S/c1-3-5-14-13-15-6-7-16(13)11(2)9-12-4-8-17-10-12/h3-4,6-8,10-11H,1,5,9H2,2H3,(H,14,15). The molecule has 0 spiro atoms. The molecule has 0 aliphatic carbocycles. The Bertz CT molecular complexity index is 459. The van der Waals surface area contributed by atoms with E-state index < -0.39 is 0 Å². The molecule has 0 fully saturated rings. The molecule has 17 heavy (non-hydrogen) atoms. The van der Waals surface area contributed by atoms with E-state index in [1.807, 2.05) is 18.5 Å². The second-order valence-electron chi connectivity index (χ2n) is 4.01. The highest BCUT2D eigenvalue weighted by molar-refractivity contribution is 7.07. The highest BCUT2D eigenvalue weighted by atomic mass is 32.1. The molecule has 0 bridgehead atoms. The average molecular weight is 247 g/mol. The van der Waals surface area contributed by atoms with Gasteiger partial charge in [-0.15, -0.1) is 6.58 Å². The lowest BCUT2D eigenvalue weighted by Crippen LogP contribution is -2.12. The molecular weight excluding hydrogens is 230 g/mol. The molecule has 4 heteroatoms. The Labute approximate surface area is 106 Å². The molecule has 1 atom stereocenters. The summed E-state index contributed by atoms with van der Waals surface area (Å²) in [6.07, 6.45) is 6.71. The number of thiophene rings is 1. The van der Waals surface area contributed by atoms with Crippen LogP contribution >= 0.6 is 11.3 Å². The summed E-state index contributed by atoms with van der Waals surface area (Å²) in [6, 6.07) is 2.58. The molecule has 0 aromatic carbocycles. The van der Waals surface area contributed by atoms with Gasteiger partial charge >= 0.3 is 0 Å². The van der Waals surface area contributed by atoms with Gasteiger partial charge in [-0.3, -0.25) is 0 Å². The van der Waals surface area contributed by atoms with Gasteiger partial charge in [0.25, 0.3) is 0 Å². The summed E-state index contributed by atoms with van der Waals surface area (Å²) in [7, 11) is 0. The molecule has 0 amide bonds. The summed E-state index contributed by atoms with van der Waals surface area (Å²) in [5.74, 6) is 0.910. The highest BCUT2D eigenvalue weighted by Gasteiger charge is 2.10. The maximum absolute atomic E-state index is 4.31. The van der Waals surface area contributed by atoms with Crippen molar-refractivity contribution in [2.45, 2.75) is 19.4 Å². The van der Waals surface area contributed by atoms with Crippen LogP contribution in [-0.4, -0.2) is 16.1 Å². The van der Waals surface area contributed by atoms with E-state index in [9.17, 15) is 0 Å². The zero-order valence-electron chi connectivity index (χ0n) is 9.97. The van der Waals surface area contributed by atoms with Gasteiger partial charge in [-0.05, 0) is 35.7 Å². The minimum Gasteiger partial charge on any atom is -0.352 e. The van der Waals surface area contributed by atoms with Gasteiger partial charge in [0, 0.05) is 25.0 Å². The van der Waals surface area contributed by atoms with Crippen molar-refractivity contribution in [2.75, 3.05) is 11.9 Å². The summed E-state index contributed by atoms with van der Waals surface area (Å²) >= 11 is 1.74. The first-order valence-corrected chi connectivity index (χ1v) is 6.64. The van der Waals surface area contributed by atoms with Crippen LogP contribution in [0.3, 0.4) is 0 Å². The van der Waals surface area contributed by atoms with Crippen LogP contribution in [0, 0.1) is 0 Å². The zero-order chi connectivity index (χ0) is 12.1. The van der Waals surface area contributed by atoms with Crippen molar-refractivity contribution < 1.29 is 0 Å². The van der Waals surface area contributed by atoms with Crippen molar-refractivity contribution in [2.24, 2.45) is 0 Å². The van der Waals surface area contributed by atoms with Crippen molar-refractivity contribution in [1.29, 1.82) is 0 Å². The third-order valence-electron chi connectivity index (χ3n) is 2.66. The lowest BCUT2D eigenvalue weighted by molar-refractivity contribution is 0.550. The van der Waals surface area contributed by atoms with Crippen molar-refractivity contribution in [3.05, 3.63) is 47.4 Å². The largest absolute Gasteiger partial charge is 0.352 e. The number of rotatable bonds is 6. The van der Waals surface area contributed by atoms with Crippen LogP contribution in [0.2, 0.25) is 0 Å². The third kappa shape index (κ3) is 2.97. The highest BCUT2D eigenvalue weighted by Crippen LogP contribution is 2.19. The van der Waals surface area contributed by atoms with Gasteiger partial charge in [0.05, 0.1) is 0 Å². The molecule has 0 radical (unpaired) electrons. The number of imidazole rings is 1. The van der Waals surface area contributed by atoms with Crippen molar-refractivity contribution in [3.63, 3.8) is 0 Å². The van der Waals surface area contributed by atoms with Crippen molar-refractivity contribution in [3.8, 4) is 0 Å². The second-order valence-corrected chi connectivity index (χ2v) is 4.79. The summed E-state index contributed by atoms with van der Waals surface area (Å²) in [6.45, 7) is 6.64. The predicted octanol–water partition coefficient (Wildman–Crippen LogP) is 3.35. The van der Waals surface area contributed by atoms with Crippen LogP contribution in [0.4, 0.5) is 5.95 Å². The van der Waals surface area contributed by atoms with Crippen LogP contribution in [0.15, 0.2) is 41.9 Å². The molecular formula is C13H17N3S. The van der Waals surface area contributed by atoms with Crippen molar-refractivity contribution >= 4 is 17.3 Å². The van der Waals surface area contributed by atoms with Crippen LogP contribution in [0.5, 0.6) is 0 Å². The van der Waals surface area contributed by atoms with E-state index in [2.05, 4.69) is 45.2 Å². The Morgan fingerprint density at radius 2 is 2.53 bits per heavy atom. The van der Waals surface area contributed by atoms with Crippen LogP contribution in [-0.2, 0) is 6.42 Å². The Balaban J connectivity index is 2.05. The Kier molecular flexibility index (Phi) is 3.98. The molecule has 0 aliphatic heterocycles. The van der Waals surface area contributed by atoms with Crippen LogP contribution in [0.1, 0.15) is 18.5 Å². The van der Waals surface area contributed by atoms with E-state index in [-0.39, 0.29) is 0 Å². The van der Waals surface area contributed by atoms with Gasteiger partial charge < -0.3 is 9.88 Å². The number of anilines is 1. The SMILES string of the molecule is C=CCNc1nccn1C(C)Cc1ccsc1. The third-order valence-corrected chi connectivity index (χ3v) is 3.39.